The lowest BCUT2D eigenvalue weighted by atomic mass is 9.99. The smallest absolute Gasteiger partial charge is 0.193 e. The standard InChI is InChI=1S/C23H25NO2/c1-6-24-20-11-15(13(2)3)8-10-17(20)22(25)19-12-18-16(21(19)24)9-7-14(4)23(18)26-5/h7-11,13H,6,12H2,1-5H3. The fourth-order valence-electron chi connectivity index (χ4n) is 4.28. The molecule has 0 amide bonds. The predicted octanol–water partition coefficient (Wildman–Crippen LogP) is 5.03. The van der Waals surface area contributed by atoms with Gasteiger partial charge in [0, 0.05) is 35.0 Å². The zero-order valence-electron chi connectivity index (χ0n) is 16.1. The number of hydrogen-bond acceptors (Lipinski definition) is 2. The highest BCUT2D eigenvalue weighted by molar-refractivity contribution is 5.88. The van der Waals surface area contributed by atoms with E-state index in [4.69, 9.17) is 4.74 Å². The summed E-state index contributed by atoms with van der Waals surface area (Å²) in [5.74, 6) is 1.34. The Balaban J connectivity index is 2.12. The van der Waals surface area contributed by atoms with Crippen molar-refractivity contribution >= 4 is 10.9 Å². The van der Waals surface area contributed by atoms with Crippen molar-refractivity contribution in [2.24, 2.45) is 0 Å². The molecule has 134 valence electrons. The molecule has 3 aromatic rings. The van der Waals surface area contributed by atoms with Crippen LogP contribution in [-0.2, 0) is 13.0 Å². The fraction of sp³-hybridized carbons (Fsp3) is 0.348. The summed E-state index contributed by atoms with van der Waals surface area (Å²) in [5.41, 5.74) is 7.81. The van der Waals surface area contributed by atoms with Gasteiger partial charge < -0.3 is 9.30 Å². The van der Waals surface area contributed by atoms with Crippen LogP contribution in [0.25, 0.3) is 22.2 Å². The van der Waals surface area contributed by atoms with Crippen molar-refractivity contribution in [2.45, 2.75) is 46.6 Å². The van der Waals surface area contributed by atoms with Crippen LogP contribution >= 0.6 is 0 Å². The Hall–Kier alpha value is -2.55. The molecule has 0 atom stereocenters. The molecule has 0 saturated heterocycles. The Labute approximate surface area is 154 Å². The summed E-state index contributed by atoms with van der Waals surface area (Å²) in [5, 5.41) is 0.818. The topological polar surface area (TPSA) is 31.2 Å². The van der Waals surface area contributed by atoms with Crippen LogP contribution in [0.5, 0.6) is 5.75 Å². The van der Waals surface area contributed by atoms with Crippen LogP contribution in [0.15, 0.2) is 35.1 Å². The van der Waals surface area contributed by atoms with E-state index in [1.165, 1.54) is 5.56 Å². The van der Waals surface area contributed by atoms with E-state index in [1.807, 2.05) is 6.07 Å². The molecule has 1 aliphatic carbocycles. The van der Waals surface area contributed by atoms with E-state index in [9.17, 15) is 4.79 Å². The van der Waals surface area contributed by atoms with E-state index in [2.05, 4.69) is 56.5 Å². The molecule has 3 heteroatoms. The molecule has 0 saturated carbocycles. The van der Waals surface area contributed by atoms with Crippen molar-refractivity contribution in [3.8, 4) is 17.0 Å². The van der Waals surface area contributed by atoms with Gasteiger partial charge in [-0.05, 0) is 43.0 Å². The number of pyridine rings is 1. The van der Waals surface area contributed by atoms with E-state index < -0.39 is 0 Å². The number of fused-ring (bicyclic) bond motifs is 4. The van der Waals surface area contributed by atoms with Gasteiger partial charge in [0.1, 0.15) is 5.75 Å². The zero-order valence-corrected chi connectivity index (χ0v) is 16.1. The maximum absolute atomic E-state index is 13.3. The van der Waals surface area contributed by atoms with Gasteiger partial charge in [-0.2, -0.15) is 0 Å². The molecule has 0 bridgehead atoms. The summed E-state index contributed by atoms with van der Waals surface area (Å²) in [4.78, 5) is 13.3. The Kier molecular flexibility index (Phi) is 3.91. The molecule has 2 aromatic carbocycles. The second-order valence-corrected chi connectivity index (χ2v) is 7.45. The third-order valence-corrected chi connectivity index (χ3v) is 5.64. The van der Waals surface area contributed by atoms with Crippen molar-refractivity contribution in [2.75, 3.05) is 7.11 Å². The summed E-state index contributed by atoms with van der Waals surface area (Å²) < 4.78 is 7.97. The van der Waals surface area contributed by atoms with Crippen LogP contribution in [0.3, 0.4) is 0 Å². The van der Waals surface area contributed by atoms with Crippen molar-refractivity contribution in [3.63, 3.8) is 0 Å². The molecule has 0 fully saturated rings. The highest BCUT2D eigenvalue weighted by Crippen LogP contribution is 2.42. The zero-order chi connectivity index (χ0) is 18.6. The number of nitrogens with zero attached hydrogens (tertiary/aromatic N) is 1. The Morgan fingerprint density at radius 2 is 1.92 bits per heavy atom. The summed E-state index contributed by atoms with van der Waals surface area (Å²) in [6.45, 7) is 9.41. The molecule has 4 rings (SSSR count). The van der Waals surface area contributed by atoms with Gasteiger partial charge in [-0.15, -0.1) is 0 Å². The first-order chi connectivity index (χ1) is 12.5. The summed E-state index contributed by atoms with van der Waals surface area (Å²) in [7, 11) is 1.71. The monoisotopic (exact) mass is 347 g/mol. The van der Waals surface area contributed by atoms with Gasteiger partial charge in [0.2, 0.25) is 0 Å². The minimum atomic E-state index is 0.158. The SMILES string of the molecule is CCn1c2c(c(=O)c3ccc(C(C)C)cc31)Cc1c-2ccc(C)c1OC. The maximum Gasteiger partial charge on any atom is 0.193 e. The molecule has 1 heterocycles. The molecular formula is C23H25NO2. The third kappa shape index (κ3) is 2.23. The second-order valence-electron chi connectivity index (χ2n) is 7.45. The molecular weight excluding hydrogens is 322 g/mol. The van der Waals surface area contributed by atoms with Gasteiger partial charge in [-0.1, -0.05) is 32.0 Å². The van der Waals surface area contributed by atoms with Gasteiger partial charge in [0.25, 0.3) is 0 Å². The minimum absolute atomic E-state index is 0.158. The molecule has 26 heavy (non-hydrogen) atoms. The van der Waals surface area contributed by atoms with Crippen molar-refractivity contribution in [1.82, 2.24) is 4.57 Å². The minimum Gasteiger partial charge on any atom is -0.496 e. The van der Waals surface area contributed by atoms with Crippen molar-refractivity contribution in [1.29, 1.82) is 0 Å². The number of rotatable bonds is 3. The molecule has 0 radical (unpaired) electrons. The van der Waals surface area contributed by atoms with Crippen LogP contribution in [0, 0.1) is 6.92 Å². The molecule has 1 aliphatic rings. The third-order valence-electron chi connectivity index (χ3n) is 5.64. The number of aromatic nitrogens is 1. The Bertz CT molecular complexity index is 1090. The van der Waals surface area contributed by atoms with Crippen molar-refractivity contribution in [3.05, 3.63) is 62.8 Å². The fourth-order valence-corrected chi connectivity index (χ4v) is 4.28. The van der Waals surface area contributed by atoms with E-state index in [0.29, 0.717) is 12.3 Å². The average Bonchev–Trinajstić information content (AvgIpc) is 3.01. The first-order valence-corrected chi connectivity index (χ1v) is 9.34. The predicted molar refractivity (Wildman–Crippen MR) is 108 cm³/mol. The number of hydrogen-bond donors (Lipinski definition) is 0. The number of aryl methyl sites for hydroxylation is 2. The lowest BCUT2D eigenvalue weighted by molar-refractivity contribution is 0.408. The molecule has 0 spiro atoms. The van der Waals surface area contributed by atoms with Crippen LogP contribution in [0.1, 0.15) is 48.9 Å². The largest absolute Gasteiger partial charge is 0.496 e. The number of ether oxygens (including phenoxy) is 1. The summed E-state index contributed by atoms with van der Waals surface area (Å²) in [6, 6.07) is 10.5. The van der Waals surface area contributed by atoms with Crippen LogP contribution in [-0.4, -0.2) is 11.7 Å². The van der Waals surface area contributed by atoms with Gasteiger partial charge >= 0.3 is 0 Å². The molecule has 3 nitrogen and oxygen atoms in total. The Morgan fingerprint density at radius 3 is 2.58 bits per heavy atom. The highest BCUT2D eigenvalue weighted by atomic mass is 16.5. The van der Waals surface area contributed by atoms with Gasteiger partial charge in [0.05, 0.1) is 18.3 Å². The Morgan fingerprint density at radius 1 is 1.15 bits per heavy atom. The summed E-state index contributed by atoms with van der Waals surface area (Å²) in [6.07, 6.45) is 0.649. The lowest BCUT2D eigenvalue weighted by Crippen LogP contribution is -2.15. The van der Waals surface area contributed by atoms with Gasteiger partial charge in [-0.25, -0.2) is 0 Å². The number of methoxy groups -OCH3 is 1. The lowest BCUT2D eigenvalue weighted by Gasteiger charge is -2.18. The van der Waals surface area contributed by atoms with Crippen molar-refractivity contribution < 1.29 is 4.74 Å². The van der Waals surface area contributed by atoms with Crippen LogP contribution in [0.4, 0.5) is 0 Å². The normalized spacial score (nSPS) is 12.5. The van der Waals surface area contributed by atoms with E-state index in [1.54, 1.807) is 7.11 Å². The molecule has 0 N–H and O–H groups in total. The average molecular weight is 347 g/mol. The molecule has 1 aromatic heterocycles. The first-order valence-electron chi connectivity index (χ1n) is 9.34. The second kappa shape index (κ2) is 6.01. The van der Waals surface area contributed by atoms with E-state index in [0.717, 1.165) is 51.1 Å². The number of benzene rings is 2. The molecule has 0 unspecified atom stereocenters. The quantitative estimate of drug-likeness (QED) is 0.520. The summed E-state index contributed by atoms with van der Waals surface area (Å²) >= 11 is 0. The molecule has 0 aliphatic heterocycles. The van der Waals surface area contributed by atoms with Crippen LogP contribution in [0.2, 0.25) is 0 Å². The van der Waals surface area contributed by atoms with Gasteiger partial charge in [-0.3, -0.25) is 4.79 Å². The first kappa shape index (κ1) is 16.9. The van der Waals surface area contributed by atoms with Gasteiger partial charge in [0.15, 0.2) is 5.43 Å². The van der Waals surface area contributed by atoms with E-state index in [-0.39, 0.29) is 5.43 Å². The van der Waals surface area contributed by atoms with E-state index >= 15 is 0 Å². The maximum atomic E-state index is 13.3. The van der Waals surface area contributed by atoms with Crippen LogP contribution < -0.4 is 10.2 Å². The highest BCUT2D eigenvalue weighted by Gasteiger charge is 2.29.